The second-order valence-electron chi connectivity index (χ2n) is 4.92. The lowest BCUT2D eigenvalue weighted by atomic mass is 9.85. The molecule has 1 aliphatic heterocycles. The zero-order chi connectivity index (χ0) is 14.9. The fourth-order valence-electron chi connectivity index (χ4n) is 1.79. The van der Waals surface area contributed by atoms with Gasteiger partial charge in [0, 0.05) is 7.05 Å². The lowest BCUT2D eigenvalue weighted by molar-refractivity contribution is -0.143. The van der Waals surface area contributed by atoms with Crippen LogP contribution in [0.15, 0.2) is 5.16 Å². The normalized spacial score (nSPS) is 22.3. The zero-order valence-corrected chi connectivity index (χ0v) is 12.9. The number of carbonyl (C=O) groups excluding carboxylic acids is 2. The first kappa shape index (κ1) is 15.3. The molecule has 0 saturated carbocycles. The van der Waals surface area contributed by atoms with E-state index in [1.807, 2.05) is 0 Å². The van der Waals surface area contributed by atoms with Crippen molar-refractivity contribution in [3.8, 4) is 0 Å². The number of tetrazole rings is 1. The quantitative estimate of drug-likeness (QED) is 0.547. The van der Waals surface area contributed by atoms with Crippen molar-refractivity contribution in [3.05, 3.63) is 0 Å². The fourth-order valence-corrected chi connectivity index (χ4v) is 3.85. The van der Waals surface area contributed by atoms with Gasteiger partial charge in [0.15, 0.2) is 0 Å². The Labute approximate surface area is 124 Å². The SMILES string of the molecule is Cn1nnnc1SCC(=O)S[C@H]1NC(=O)[C@H]1C(C)(C)O. The smallest absolute Gasteiger partial charge is 0.229 e. The molecule has 1 aromatic rings. The number of β-lactam (4-membered cyclic amide) rings is 1. The lowest BCUT2D eigenvalue weighted by Crippen LogP contribution is -2.64. The Hall–Kier alpha value is -1.13. The Kier molecular flexibility index (Phi) is 4.35. The maximum absolute atomic E-state index is 11.9. The minimum Gasteiger partial charge on any atom is -0.390 e. The van der Waals surface area contributed by atoms with E-state index in [0.717, 1.165) is 11.8 Å². The van der Waals surface area contributed by atoms with Crippen LogP contribution < -0.4 is 5.32 Å². The molecule has 2 rings (SSSR count). The highest BCUT2D eigenvalue weighted by Crippen LogP contribution is 2.34. The molecule has 0 spiro atoms. The van der Waals surface area contributed by atoms with Crippen LogP contribution in [-0.2, 0) is 16.6 Å². The Balaban J connectivity index is 1.83. The number of nitrogens with zero attached hydrogens (tertiary/aromatic N) is 4. The summed E-state index contributed by atoms with van der Waals surface area (Å²) >= 11 is 2.25. The summed E-state index contributed by atoms with van der Waals surface area (Å²) in [5, 5.41) is 23.5. The second kappa shape index (κ2) is 5.70. The van der Waals surface area contributed by atoms with Gasteiger partial charge in [-0.1, -0.05) is 23.5 Å². The van der Waals surface area contributed by atoms with Crippen LogP contribution in [0.4, 0.5) is 0 Å². The summed E-state index contributed by atoms with van der Waals surface area (Å²) < 4.78 is 1.48. The van der Waals surface area contributed by atoms with E-state index in [2.05, 4.69) is 20.8 Å². The van der Waals surface area contributed by atoms with E-state index < -0.39 is 11.5 Å². The largest absolute Gasteiger partial charge is 0.390 e. The molecule has 1 aromatic heterocycles. The van der Waals surface area contributed by atoms with E-state index in [1.54, 1.807) is 20.9 Å². The summed E-state index contributed by atoms with van der Waals surface area (Å²) in [6, 6.07) is 0. The van der Waals surface area contributed by atoms with Crippen LogP contribution in [0.25, 0.3) is 0 Å². The van der Waals surface area contributed by atoms with Gasteiger partial charge in [-0.05, 0) is 24.3 Å². The van der Waals surface area contributed by atoms with Gasteiger partial charge in [-0.15, -0.1) is 5.10 Å². The summed E-state index contributed by atoms with van der Waals surface area (Å²) in [4.78, 5) is 23.3. The summed E-state index contributed by atoms with van der Waals surface area (Å²) in [7, 11) is 1.69. The van der Waals surface area contributed by atoms with Crippen molar-refractivity contribution in [1.29, 1.82) is 0 Å². The van der Waals surface area contributed by atoms with Gasteiger partial charge in [-0.25, -0.2) is 4.68 Å². The third kappa shape index (κ3) is 3.30. The number of thioether (sulfide) groups is 2. The highest BCUT2D eigenvalue weighted by Gasteiger charge is 2.49. The van der Waals surface area contributed by atoms with Gasteiger partial charge < -0.3 is 10.4 Å². The van der Waals surface area contributed by atoms with Crippen molar-refractivity contribution in [2.24, 2.45) is 13.0 Å². The van der Waals surface area contributed by atoms with E-state index in [4.69, 9.17) is 0 Å². The van der Waals surface area contributed by atoms with Crippen LogP contribution in [0.3, 0.4) is 0 Å². The van der Waals surface area contributed by atoms with Crippen LogP contribution in [0.5, 0.6) is 0 Å². The third-order valence-corrected chi connectivity index (χ3v) is 5.03. The molecule has 0 aliphatic carbocycles. The summed E-state index contributed by atoms with van der Waals surface area (Å²) in [5.41, 5.74) is -1.14. The summed E-state index contributed by atoms with van der Waals surface area (Å²) in [6.45, 7) is 3.13. The highest BCUT2D eigenvalue weighted by molar-refractivity contribution is 8.16. The van der Waals surface area contributed by atoms with Gasteiger partial charge >= 0.3 is 0 Å². The van der Waals surface area contributed by atoms with Gasteiger partial charge in [-0.3, -0.25) is 9.59 Å². The highest BCUT2D eigenvalue weighted by atomic mass is 32.2. The minimum absolute atomic E-state index is 0.0998. The summed E-state index contributed by atoms with van der Waals surface area (Å²) in [6.07, 6.45) is 0. The predicted octanol–water partition coefficient (Wildman–Crippen LogP) is -0.595. The van der Waals surface area contributed by atoms with E-state index >= 15 is 0 Å². The Morgan fingerprint density at radius 1 is 1.55 bits per heavy atom. The molecule has 0 bridgehead atoms. The number of hydrogen-bond acceptors (Lipinski definition) is 8. The van der Waals surface area contributed by atoms with Crippen LogP contribution in [-0.4, -0.2) is 53.1 Å². The molecule has 110 valence electrons. The van der Waals surface area contributed by atoms with E-state index in [1.165, 1.54) is 16.4 Å². The van der Waals surface area contributed by atoms with Crippen LogP contribution >= 0.6 is 23.5 Å². The first-order chi connectivity index (χ1) is 9.29. The molecule has 1 aliphatic rings. The number of rotatable bonds is 5. The zero-order valence-electron chi connectivity index (χ0n) is 11.2. The van der Waals surface area contributed by atoms with E-state index in [0.29, 0.717) is 5.16 Å². The monoisotopic (exact) mass is 317 g/mol. The maximum Gasteiger partial charge on any atom is 0.229 e. The number of hydrogen-bond donors (Lipinski definition) is 2. The Morgan fingerprint density at radius 3 is 2.75 bits per heavy atom. The first-order valence-corrected chi connectivity index (χ1v) is 7.73. The van der Waals surface area contributed by atoms with Crippen molar-refractivity contribution < 1.29 is 14.7 Å². The lowest BCUT2D eigenvalue weighted by Gasteiger charge is -2.42. The second-order valence-corrected chi connectivity index (χ2v) is 7.07. The molecule has 1 fully saturated rings. The van der Waals surface area contributed by atoms with Crippen LogP contribution in [0.1, 0.15) is 13.8 Å². The number of aryl methyl sites for hydroxylation is 1. The number of aliphatic hydroxyl groups is 1. The van der Waals surface area contributed by atoms with Gasteiger partial charge in [0.05, 0.1) is 22.6 Å². The molecule has 10 heteroatoms. The van der Waals surface area contributed by atoms with Crippen molar-refractivity contribution in [2.45, 2.75) is 30.0 Å². The molecule has 0 unspecified atom stereocenters. The molecule has 1 saturated heterocycles. The maximum atomic E-state index is 11.9. The third-order valence-electron chi connectivity index (χ3n) is 2.79. The van der Waals surface area contributed by atoms with Crippen molar-refractivity contribution in [3.63, 3.8) is 0 Å². The van der Waals surface area contributed by atoms with Crippen molar-refractivity contribution >= 4 is 34.5 Å². The average molecular weight is 317 g/mol. The van der Waals surface area contributed by atoms with Crippen LogP contribution in [0, 0.1) is 5.92 Å². The fraction of sp³-hybridized carbons (Fsp3) is 0.700. The van der Waals surface area contributed by atoms with Gasteiger partial charge in [-0.2, -0.15) is 0 Å². The van der Waals surface area contributed by atoms with Crippen LogP contribution in [0.2, 0.25) is 0 Å². The molecular formula is C10H15N5O3S2. The molecular weight excluding hydrogens is 302 g/mol. The van der Waals surface area contributed by atoms with Gasteiger partial charge in [0.25, 0.3) is 0 Å². The number of amides is 1. The van der Waals surface area contributed by atoms with Gasteiger partial charge in [0.1, 0.15) is 0 Å². The van der Waals surface area contributed by atoms with E-state index in [9.17, 15) is 14.7 Å². The number of carbonyl (C=O) groups is 2. The summed E-state index contributed by atoms with van der Waals surface area (Å²) in [5.74, 6) is -0.602. The molecule has 0 aromatic carbocycles. The van der Waals surface area contributed by atoms with Gasteiger partial charge in [0.2, 0.25) is 16.2 Å². The predicted molar refractivity (Wildman–Crippen MR) is 73.8 cm³/mol. The Bertz CT molecular complexity index is 527. The average Bonchev–Trinajstić information content (AvgIpc) is 2.68. The van der Waals surface area contributed by atoms with E-state index in [-0.39, 0.29) is 22.1 Å². The number of nitrogens with one attached hydrogen (secondary N) is 1. The molecule has 2 heterocycles. The molecule has 2 atom stereocenters. The van der Waals surface area contributed by atoms with Crippen molar-refractivity contribution in [1.82, 2.24) is 25.5 Å². The van der Waals surface area contributed by atoms with Crippen molar-refractivity contribution in [2.75, 3.05) is 5.75 Å². The molecule has 8 nitrogen and oxygen atoms in total. The molecule has 2 N–H and O–H groups in total. The minimum atomic E-state index is -1.14. The topological polar surface area (TPSA) is 110 Å². The molecule has 20 heavy (non-hydrogen) atoms. The molecule has 1 amide bonds. The Morgan fingerprint density at radius 2 is 2.25 bits per heavy atom. The molecule has 0 radical (unpaired) electrons. The standard InChI is InChI=1S/C10H15N5O3S2/c1-10(2,18)6-7(17)11-8(6)20-5(16)4-19-9-12-13-14-15(9)3/h6,8,18H,4H2,1-3H3,(H,11,17)/t6-,8-/m1/s1. The number of aromatic nitrogens is 4. The first-order valence-electron chi connectivity index (χ1n) is 5.86.